The molecule has 4 heteroatoms. The first-order valence-electron chi connectivity index (χ1n) is 3.40. The number of hydrogen-bond donors (Lipinski definition) is 4. The van der Waals surface area contributed by atoms with Gasteiger partial charge in [-0.05, 0) is 13.3 Å². The highest BCUT2D eigenvalue weighted by atomic mass is 16.3. The van der Waals surface area contributed by atoms with Crippen molar-refractivity contribution in [1.82, 2.24) is 0 Å². The average Bonchev–Trinajstić information content (AvgIpc) is 1.90. The number of nitrogens with two attached hydrogens (primary N) is 2. The third-order valence-electron chi connectivity index (χ3n) is 0.803. The van der Waals surface area contributed by atoms with Crippen LogP contribution in [0.3, 0.4) is 0 Å². The fourth-order valence-corrected chi connectivity index (χ4v) is 0.284. The monoisotopic (exact) mass is 150 g/mol. The molecule has 0 aromatic heterocycles. The lowest BCUT2D eigenvalue weighted by molar-refractivity contribution is 0.277. The Hall–Kier alpha value is -0.160. The maximum Gasteiger partial charge on any atom is 0.0446 e. The minimum Gasteiger partial charge on any atom is -0.397 e. The van der Waals surface area contributed by atoms with Gasteiger partial charge in [0.2, 0.25) is 0 Å². The van der Waals surface area contributed by atoms with Crippen LogP contribution in [0.5, 0.6) is 0 Å². The molecule has 0 aliphatic rings. The van der Waals surface area contributed by atoms with Gasteiger partial charge in [-0.25, -0.2) is 0 Å². The zero-order valence-electron chi connectivity index (χ0n) is 6.45. The third-order valence-corrected chi connectivity index (χ3v) is 0.803. The Kier molecular flexibility index (Phi) is 14.5. The van der Waals surface area contributed by atoms with Crippen LogP contribution in [0, 0.1) is 0 Å². The van der Waals surface area contributed by atoms with Gasteiger partial charge in [0.1, 0.15) is 0 Å². The van der Waals surface area contributed by atoms with E-state index in [4.69, 9.17) is 21.7 Å². The molecule has 0 saturated heterocycles. The minimum absolute atomic E-state index is 0.0231. The molecule has 1 unspecified atom stereocenters. The summed E-state index contributed by atoms with van der Waals surface area (Å²) in [5.74, 6) is 0. The summed E-state index contributed by atoms with van der Waals surface area (Å²) in [5, 5.41) is 15.8. The van der Waals surface area contributed by atoms with Gasteiger partial charge in [-0.15, -0.1) is 0 Å². The maximum atomic E-state index is 8.23. The molecular formula is C6H18N2O2. The van der Waals surface area contributed by atoms with E-state index in [-0.39, 0.29) is 19.3 Å². The molecule has 0 spiro atoms. The molecule has 0 saturated carbocycles. The molecule has 0 bridgehead atoms. The predicted octanol–water partition coefficient (Wildman–Crippen LogP) is -1.35. The molecular weight excluding hydrogens is 132 g/mol. The van der Waals surface area contributed by atoms with Gasteiger partial charge in [0, 0.05) is 25.8 Å². The number of rotatable bonds is 3. The fourth-order valence-electron chi connectivity index (χ4n) is 0.284. The molecule has 0 aromatic carbocycles. The van der Waals surface area contributed by atoms with E-state index >= 15 is 0 Å². The van der Waals surface area contributed by atoms with Crippen LogP contribution in [0.1, 0.15) is 13.3 Å². The zero-order chi connectivity index (χ0) is 8.41. The van der Waals surface area contributed by atoms with Crippen molar-refractivity contribution in [1.29, 1.82) is 0 Å². The van der Waals surface area contributed by atoms with Crippen molar-refractivity contribution in [3.05, 3.63) is 0 Å². The van der Waals surface area contributed by atoms with Crippen LogP contribution in [-0.2, 0) is 0 Å². The number of aliphatic hydroxyl groups excluding tert-OH is 2. The third kappa shape index (κ3) is 15.7. The highest BCUT2D eigenvalue weighted by molar-refractivity contribution is 4.58. The molecule has 0 aliphatic heterocycles. The normalized spacial score (nSPS) is 11.7. The second kappa shape index (κ2) is 11.6. The Labute approximate surface area is 61.8 Å². The predicted molar refractivity (Wildman–Crippen MR) is 41.5 cm³/mol. The van der Waals surface area contributed by atoms with Crippen molar-refractivity contribution >= 4 is 0 Å². The Bertz CT molecular complexity index is 53.0. The lowest BCUT2D eigenvalue weighted by atomic mass is 10.2. The van der Waals surface area contributed by atoms with Crippen molar-refractivity contribution in [2.75, 3.05) is 19.8 Å². The lowest BCUT2D eigenvalue weighted by Crippen LogP contribution is -2.30. The fraction of sp³-hybridized carbons (Fsp3) is 1.00. The van der Waals surface area contributed by atoms with E-state index in [9.17, 15) is 0 Å². The Morgan fingerprint density at radius 2 is 1.80 bits per heavy atom. The van der Waals surface area contributed by atoms with Gasteiger partial charge in [0.15, 0.2) is 0 Å². The minimum atomic E-state index is -0.0231. The Morgan fingerprint density at radius 1 is 1.40 bits per heavy atom. The molecule has 0 radical (unpaired) electrons. The van der Waals surface area contributed by atoms with Crippen LogP contribution >= 0.6 is 0 Å². The van der Waals surface area contributed by atoms with Crippen LogP contribution in [-0.4, -0.2) is 36.0 Å². The molecule has 0 heterocycles. The molecule has 4 nitrogen and oxygen atoms in total. The van der Waals surface area contributed by atoms with E-state index in [0.29, 0.717) is 13.0 Å². The largest absolute Gasteiger partial charge is 0.397 e. The van der Waals surface area contributed by atoms with E-state index in [1.54, 1.807) is 6.92 Å². The molecule has 0 amide bonds. The molecule has 0 fully saturated rings. The van der Waals surface area contributed by atoms with Crippen molar-refractivity contribution < 1.29 is 10.2 Å². The van der Waals surface area contributed by atoms with Crippen LogP contribution in [0.2, 0.25) is 0 Å². The molecule has 1 atom stereocenters. The standard InChI is InChI=1S/C4H12N2O.C2H6O/c5-3-4(6)1-2-7;1-2-3/h4,7H,1-3,5-6H2;3H,2H2,1H3. The summed E-state index contributed by atoms with van der Waals surface area (Å²) in [4.78, 5) is 0. The van der Waals surface area contributed by atoms with Gasteiger partial charge in [0.05, 0.1) is 0 Å². The average molecular weight is 150 g/mol. The smallest absolute Gasteiger partial charge is 0.0446 e. The molecule has 6 N–H and O–H groups in total. The van der Waals surface area contributed by atoms with E-state index in [1.165, 1.54) is 0 Å². The van der Waals surface area contributed by atoms with Crippen LogP contribution in [0.25, 0.3) is 0 Å². The summed E-state index contributed by atoms with van der Waals surface area (Å²) in [6.07, 6.45) is 0.608. The Balaban J connectivity index is 0. The SMILES string of the molecule is CCO.NCC(N)CCO. The van der Waals surface area contributed by atoms with E-state index < -0.39 is 0 Å². The highest BCUT2D eigenvalue weighted by Gasteiger charge is 1.93. The molecule has 0 rings (SSSR count). The number of hydrogen-bond acceptors (Lipinski definition) is 4. The summed E-state index contributed by atoms with van der Waals surface area (Å²) in [6, 6.07) is -0.0231. The Morgan fingerprint density at radius 3 is 1.90 bits per heavy atom. The summed E-state index contributed by atoms with van der Waals surface area (Å²) in [5.41, 5.74) is 10.4. The van der Waals surface area contributed by atoms with Crippen molar-refractivity contribution in [2.45, 2.75) is 19.4 Å². The quantitative estimate of drug-likeness (QED) is 0.400. The van der Waals surface area contributed by atoms with Crippen LogP contribution in [0.4, 0.5) is 0 Å². The lowest BCUT2D eigenvalue weighted by Gasteiger charge is -2.02. The first-order chi connectivity index (χ1) is 4.72. The summed E-state index contributed by atoms with van der Waals surface area (Å²) >= 11 is 0. The highest BCUT2D eigenvalue weighted by Crippen LogP contribution is 1.79. The van der Waals surface area contributed by atoms with Crippen molar-refractivity contribution in [2.24, 2.45) is 11.5 Å². The first kappa shape index (κ1) is 12.5. The van der Waals surface area contributed by atoms with Gasteiger partial charge in [0.25, 0.3) is 0 Å². The summed E-state index contributed by atoms with van der Waals surface area (Å²) in [6.45, 7) is 2.53. The van der Waals surface area contributed by atoms with Gasteiger partial charge in [-0.2, -0.15) is 0 Å². The van der Waals surface area contributed by atoms with E-state index in [1.807, 2.05) is 0 Å². The number of aliphatic hydroxyl groups is 2. The molecule has 64 valence electrons. The van der Waals surface area contributed by atoms with Crippen molar-refractivity contribution in [3.8, 4) is 0 Å². The van der Waals surface area contributed by atoms with E-state index in [0.717, 1.165) is 0 Å². The second-order valence-corrected chi connectivity index (χ2v) is 1.82. The summed E-state index contributed by atoms with van der Waals surface area (Å²) in [7, 11) is 0. The van der Waals surface area contributed by atoms with E-state index in [2.05, 4.69) is 0 Å². The topological polar surface area (TPSA) is 92.5 Å². The molecule has 10 heavy (non-hydrogen) atoms. The van der Waals surface area contributed by atoms with Gasteiger partial charge in [-0.1, -0.05) is 0 Å². The maximum absolute atomic E-state index is 8.23. The van der Waals surface area contributed by atoms with Gasteiger partial charge < -0.3 is 21.7 Å². The van der Waals surface area contributed by atoms with Gasteiger partial charge >= 0.3 is 0 Å². The molecule has 0 aliphatic carbocycles. The second-order valence-electron chi connectivity index (χ2n) is 1.82. The molecule has 0 aromatic rings. The summed E-state index contributed by atoms with van der Waals surface area (Å²) < 4.78 is 0. The van der Waals surface area contributed by atoms with Gasteiger partial charge in [-0.3, -0.25) is 0 Å². The van der Waals surface area contributed by atoms with Crippen LogP contribution in [0.15, 0.2) is 0 Å². The first-order valence-corrected chi connectivity index (χ1v) is 3.40. The zero-order valence-corrected chi connectivity index (χ0v) is 6.45. The van der Waals surface area contributed by atoms with Crippen LogP contribution < -0.4 is 11.5 Å². The van der Waals surface area contributed by atoms with Crippen molar-refractivity contribution in [3.63, 3.8) is 0 Å².